The zero-order valence-corrected chi connectivity index (χ0v) is 10.4. The van der Waals surface area contributed by atoms with Crippen molar-refractivity contribution in [2.75, 3.05) is 5.43 Å². The summed E-state index contributed by atoms with van der Waals surface area (Å²) in [6.45, 7) is 0. The molecule has 1 N–H and O–H groups in total. The second kappa shape index (κ2) is 6.24. The lowest BCUT2D eigenvalue weighted by atomic mass is 10.1. The van der Waals surface area contributed by atoms with Gasteiger partial charge >= 0.3 is 0 Å². The summed E-state index contributed by atoms with van der Waals surface area (Å²) >= 11 is 0. The highest BCUT2D eigenvalue weighted by molar-refractivity contribution is 6.36. The summed E-state index contributed by atoms with van der Waals surface area (Å²) in [6.07, 6.45) is 0.647. The molecule has 0 bridgehead atoms. The van der Waals surface area contributed by atoms with Gasteiger partial charge in [0.05, 0.1) is 10.6 Å². The van der Waals surface area contributed by atoms with E-state index >= 15 is 0 Å². The average Bonchev–Trinajstić information content (AvgIpc) is 2.49. The molecule has 6 nitrogen and oxygen atoms in total. The molecule has 2 aromatic rings. The van der Waals surface area contributed by atoms with Crippen molar-refractivity contribution in [3.05, 3.63) is 70.3 Å². The minimum atomic E-state index is -0.478. The molecule has 0 saturated heterocycles. The van der Waals surface area contributed by atoms with Gasteiger partial charge in [-0.05, 0) is 12.1 Å². The van der Waals surface area contributed by atoms with Crippen molar-refractivity contribution in [3.63, 3.8) is 0 Å². The van der Waals surface area contributed by atoms with E-state index in [9.17, 15) is 14.9 Å². The Kier molecular flexibility index (Phi) is 4.18. The van der Waals surface area contributed by atoms with Crippen molar-refractivity contribution in [1.29, 1.82) is 0 Å². The van der Waals surface area contributed by atoms with Crippen LogP contribution in [0, 0.1) is 10.1 Å². The summed E-state index contributed by atoms with van der Waals surface area (Å²) in [6, 6.07) is 14.8. The average molecular weight is 269 g/mol. The quantitative estimate of drug-likeness (QED) is 0.391. The van der Waals surface area contributed by atoms with Gasteiger partial charge in [-0.3, -0.25) is 20.3 Å². The molecule has 20 heavy (non-hydrogen) atoms. The van der Waals surface area contributed by atoms with E-state index in [1.165, 1.54) is 24.3 Å². The van der Waals surface area contributed by atoms with Crippen LogP contribution >= 0.6 is 0 Å². The molecule has 0 aliphatic rings. The van der Waals surface area contributed by atoms with E-state index in [0.29, 0.717) is 17.5 Å². The maximum absolute atomic E-state index is 11.0. The van der Waals surface area contributed by atoms with Gasteiger partial charge < -0.3 is 0 Å². The lowest BCUT2D eigenvalue weighted by Gasteiger charge is -2.02. The van der Waals surface area contributed by atoms with Gasteiger partial charge in [-0.2, -0.15) is 5.10 Å². The lowest BCUT2D eigenvalue weighted by Crippen LogP contribution is -2.05. The van der Waals surface area contributed by atoms with Gasteiger partial charge in [0.25, 0.3) is 5.69 Å². The third-order valence-electron chi connectivity index (χ3n) is 2.56. The second-order valence-corrected chi connectivity index (χ2v) is 3.90. The third-order valence-corrected chi connectivity index (χ3v) is 2.56. The molecule has 0 unspecified atom stereocenters. The van der Waals surface area contributed by atoms with Crippen molar-refractivity contribution in [2.24, 2.45) is 5.10 Å². The number of non-ortho nitro benzene ring substituents is 1. The first kappa shape index (κ1) is 13.4. The van der Waals surface area contributed by atoms with E-state index < -0.39 is 4.92 Å². The Labute approximate surface area is 114 Å². The molecule has 0 saturated carbocycles. The van der Waals surface area contributed by atoms with E-state index in [-0.39, 0.29) is 11.4 Å². The van der Waals surface area contributed by atoms with Crippen LogP contribution in [0.3, 0.4) is 0 Å². The highest BCUT2D eigenvalue weighted by atomic mass is 16.6. The first-order chi connectivity index (χ1) is 9.70. The predicted molar refractivity (Wildman–Crippen MR) is 75.8 cm³/mol. The van der Waals surface area contributed by atoms with Gasteiger partial charge in [0.2, 0.25) is 0 Å². The summed E-state index contributed by atoms with van der Waals surface area (Å²) in [5.74, 6) is 0. The number of nitro benzene ring substituents is 1. The van der Waals surface area contributed by atoms with Crippen molar-refractivity contribution in [2.45, 2.75) is 0 Å². The maximum atomic E-state index is 11.0. The zero-order chi connectivity index (χ0) is 14.4. The molecule has 2 rings (SSSR count). The molecule has 100 valence electrons. The first-order valence-corrected chi connectivity index (χ1v) is 5.79. The Morgan fingerprint density at radius 1 is 1.10 bits per heavy atom. The molecule has 0 aliphatic heterocycles. The number of nitro groups is 1. The van der Waals surface area contributed by atoms with Crippen LogP contribution in [0.15, 0.2) is 59.7 Å². The number of hydrogen-bond donors (Lipinski definition) is 1. The van der Waals surface area contributed by atoms with E-state index in [2.05, 4.69) is 10.5 Å². The van der Waals surface area contributed by atoms with Crippen LogP contribution in [-0.4, -0.2) is 16.9 Å². The number of hydrogen-bond acceptors (Lipinski definition) is 5. The molecule has 2 aromatic carbocycles. The first-order valence-electron chi connectivity index (χ1n) is 5.79. The van der Waals surface area contributed by atoms with Crippen LogP contribution in [-0.2, 0) is 4.79 Å². The summed E-state index contributed by atoms with van der Waals surface area (Å²) in [5.41, 5.74) is 4.20. The van der Waals surface area contributed by atoms with E-state index in [1.807, 2.05) is 6.07 Å². The molecule has 0 fully saturated rings. The van der Waals surface area contributed by atoms with Crippen LogP contribution in [0.2, 0.25) is 0 Å². The number of rotatable bonds is 5. The molecule has 0 radical (unpaired) electrons. The van der Waals surface area contributed by atoms with Crippen LogP contribution in [0.5, 0.6) is 0 Å². The largest absolute Gasteiger partial charge is 0.296 e. The Balaban J connectivity index is 2.15. The number of nitrogens with zero attached hydrogens (tertiary/aromatic N) is 2. The summed E-state index contributed by atoms with van der Waals surface area (Å²) in [7, 11) is 0. The lowest BCUT2D eigenvalue weighted by molar-refractivity contribution is -0.384. The topological polar surface area (TPSA) is 84.6 Å². The standard InChI is InChI=1S/C14H11N3O3/c18-10-14(11-4-2-1-3-5-11)16-15-12-6-8-13(9-7-12)17(19)20/h1-10,15H. The molecular formula is C14H11N3O3. The van der Waals surface area contributed by atoms with Crippen molar-refractivity contribution >= 4 is 23.4 Å². The normalized spacial score (nSPS) is 10.9. The predicted octanol–water partition coefficient (Wildman–Crippen LogP) is 2.61. The van der Waals surface area contributed by atoms with E-state index in [0.717, 1.165) is 0 Å². The monoisotopic (exact) mass is 269 g/mol. The summed E-state index contributed by atoms with van der Waals surface area (Å²) in [5, 5.41) is 14.5. The number of benzene rings is 2. The highest BCUT2D eigenvalue weighted by Crippen LogP contribution is 2.15. The number of carbonyl (C=O) groups is 1. The van der Waals surface area contributed by atoms with E-state index in [1.54, 1.807) is 24.3 Å². The second-order valence-electron chi connectivity index (χ2n) is 3.90. The number of hydrazone groups is 1. The number of anilines is 1. The van der Waals surface area contributed by atoms with Gasteiger partial charge in [0.1, 0.15) is 5.71 Å². The maximum Gasteiger partial charge on any atom is 0.269 e. The Hall–Kier alpha value is -3.02. The molecular weight excluding hydrogens is 258 g/mol. The fourth-order valence-electron chi connectivity index (χ4n) is 1.55. The van der Waals surface area contributed by atoms with Crippen LogP contribution in [0.1, 0.15) is 5.56 Å². The fourth-order valence-corrected chi connectivity index (χ4v) is 1.55. The Morgan fingerprint density at radius 2 is 1.75 bits per heavy atom. The number of nitrogens with one attached hydrogen (secondary N) is 1. The molecule has 0 aliphatic carbocycles. The van der Waals surface area contributed by atoms with Gasteiger partial charge in [-0.15, -0.1) is 0 Å². The molecule has 0 spiro atoms. The van der Waals surface area contributed by atoms with Crippen molar-refractivity contribution < 1.29 is 9.72 Å². The van der Waals surface area contributed by atoms with Gasteiger partial charge in [0, 0.05) is 17.7 Å². The minimum absolute atomic E-state index is 0.00167. The molecule has 0 aromatic heterocycles. The van der Waals surface area contributed by atoms with Crippen molar-refractivity contribution in [3.8, 4) is 0 Å². The molecule has 6 heteroatoms. The summed E-state index contributed by atoms with van der Waals surface area (Å²) < 4.78 is 0. The van der Waals surface area contributed by atoms with Gasteiger partial charge in [-0.1, -0.05) is 30.3 Å². The summed E-state index contributed by atoms with van der Waals surface area (Å²) in [4.78, 5) is 21.1. The molecule has 0 amide bonds. The Bertz CT molecular complexity index is 636. The van der Waals surface area contributed by atoms with Crippen LogP contribution < -0.4 is 5.43 Å². The van der Waals surface area contributed by atoms with Gasteiger partial charge in [0.15, 0.2) is 6.29 Å². The number of aldehydes is 1. The molecule has 0 atom stereocenters. The van der Waals surface area contributed by atoms with Crippen LogP contribution in [0.25, 0.3) is 0 Å². The third kappa shape index (κ3) is 3.26. The smallest absolute Gasteiger partial charge is 0.269 e. The SMILES string of the molecule is O=CC(=NNc1ccc([N+](=O)[O-])cc1)c1ccccc1. The van der Waals surface area contributed by atoms with Gasteiger partial charge in [-0.25, -0.2) is 0 Å². The highest BCUT2D eigenvalue weighted by Gasteiger charge is 2.04. The number of carbonyl (C=O) groups excluding carboxylic acids is 1. The molecule has 0 heterocycles. The van der Waals surface area contributed by atoms with Crippen molar-refractivity contribution in [1.82, 2.24) is 0 Å². The van der Waals surface area contributed by atoms with Crippen LogP contribution in [0.4, 0.5) is 11.4 Å². The van der Waals surface area contributed by atoms with E-state index in [4.69, 9.17) is 0 Å². The minimum Gasteiger partial charge on any atom is -0.296 e. The Morgan fingerprint density at radius 3 is 2.30 bits per heavy atom. The fraction of sp³-hybridized carbons (Fsp3) is 0. The zero-order valence-electron chi connectivity index (χ0n) is 10.4.